The fourth-order valence-electron chi connectivity index (χ4n) is 2.89. The van der Waals surface area contributed by atoms with Gasteiger partial charge in [-0.05, 0) is 52.0 Å². The van der Waals surface area contributed by atoms with E-state index in [0.29, 0.717) is 5.69 Å². The summed E-state index contributed by atoms with van der Waals surface area (Å²) in [5.41, 5.74) is 0.341. The Morgan fingerprint density at radius 3 is 2.23 bits per heavy atom. The molecule has 0 aromatic heterocycles. The molecule has 1 aromatic rings. The van der Waals surface area contributed by atoms with Crippen molar-refractivity contribution in [2.24, 2.45) is 0 Å². The Hall–Kier alpha value is -1.99. The molecule has 1 heterocycles. The third kappa shape index (κ3) is 6.38. The van der Waals surface area contributed by atoms with Crippen LogP contribution in [-0.4, -0.2) is 65.9 Å². The number of carbonyl (C=O) groups excluding carboxylic acids is 2. The average Bonchev–Trinajstić information content (AvgIpc) is 2.55. The highest BCUT2D eigenvalue weighted by Crippen LogP contribution is 2.10. The molecule has 26 heavy (non-hydrogen) atoms. The lowest BCUT2D eigenvalue weighted by Gasteiger charge is -2.38. The molecule has 1 aliphatic rings. The Labute approximate surface area is 154 Å². The van der Waals surface area contributed by atoms with Crippen LogP contribution in [0, 0.1) is 5.82 Å². The first-order chi connectivity index (χ1) is 12.1. The summed E-state index contributed by atoms with van der Waals surface area (Å²) in [4.78, 5) is 28.6. The zero-order chi connectivity index (χ0) is 19.3. The number of benzene rings is 1. The predicted molar refractivity (Wildman–Crippen MR) is 100 cm³/mol. The van der Waals surface area contributed by atoms with Gasteiger partial charge in [-0.3, -0.25) is 19.4 Å². The third-order valence-electron chi connectivity index (χ3n) is 4.33. The van der Waals surface area contributed by atoms with Gasteiger partial charge in [0.15, 0.2) is 0 Å². The van der Waals surface area contributed by atoms with Gasteiger partial charge < -0.3 is 10.6 Å². The van der Waals surface area contributed by atoms with Gasteiger partial charge >= 0.3 is 0 Å². The maximum absolute atomic E-state index is 12.9. The Balaban J connectivity index is 1.76. The first-order valence-electron chi connectivity index (χ1n) is 8.98. The molecule has 1 aromatic carbocycles. The summed E-state index contributed by atoms with van der Waals surface area (Å²) in [6.07, 6.45) is 0. The van der Waals surface area contributed by atoms with E-state index in [0.717, 1.165) is 26.2 Å². The molecular weight excluding hydrogens is 335 g/mol. The number of hydrogen-bond acceptors (Lipinski definition) is 4. The van der Waals surface area contributed by atoms with Crippen molar-refractivity contribution in [3.8, 4) is 0 Å². The van der Waals surface area contributed by atoms with Crippen molar-refractivity contribution >= 4 is 17.5 Å². The number of piperazine rings is 1. The van der Waals surface area contributed by atoms with Crippen LogP contribution in [0.2, 0.25) is 0 Å². The number of halogens is 1. The van der Waals surface area contributed by atoms with Crippen LogP contribution >= 0.6 is 0 Å². The van der Waals surface area contributed by atoms with Crippen molar-refractivity contribution in [1.82, 2.24) is 15.1 Å². The molecule has 1 aliphatic heterocycles. The number of nitrogens with one attached hydrogen (secondary N) is 2. The predicted octanol–water partition coefficient (Wildman–Crippen LogP) is 1.68. The minimum Gasteiger partial charge on any atom is -0.350 e. The summed E-state index contributed by atoms with van der Waals surface area (Å²) in [5, 5.41) is 5.78. The number of amides is 2. The van der Waals surface area contributed by atoms with Crippen LogP contribution in [-0.2, 0) is 9.59 Å². The number of hydrogen-bond donors (Lipinski definition) is 2. The van der Waals surface area contributed by atoms with Crippen LogP contribution in [0.3, 0.4) is 0 Å². The normalized spacial score (nSPS) is 17.6. The van der Waals surface area contributed by atoms with E-state index in [1.165, 1.54) is 12.1 Å². The first kappa shape index (κ1) is 20.3. The Bertz CT molecular complexity index is 619. The van der Waals surface area contributed by atoms with E-state index in [2.05, 4.69) is 20.4 Å². The highest BCUT2D eigenvalue weighted by molar-refractivity contribution is 5.92. The van der Waals surface area contributed by atoms with Gasteiger partial charge in [-0.2, -0.15) is 0 Å². The van der Waals surface area contributed by atoms with Crippen LogP contribution in [0.25, 0.3) is 0 Å². The second-order valence-electron chi connectivity index (χ2n) is 7.78. The zero-order valence-electron chi connectivity index (χ0n) is 16.0. The fraction of sp³-hybridized carbons (Fsp3) is 0.579. The van der Waals surface area contributed by atoms with E-state index in [-0.39, 0.29) is 35.8 Å². The summed E-state index contributed by atoms with van der Waals surface area (Å²) in [6.45, 7) is 11.0. The summed E-state index contributed by atoms with van der Waals surface area (Å²) in [7, 11) is 0. The van der Waals surface area contributed by atoms with E-state index < -0.39 is 0 Å². The number of carbonyl (C=O) groups is 2. The van der Waals surface area contributed by atoms with Gasteiger partial charge in [0.05, 0.1) is 12.6 Å². The molecule has 0 radical (unpaired) electrons. The number of anilines is 1. The van der Waals surface area contributed by atoms with Gasteiger partial charge in [0.25, 0.3) is 0 Å². The van der Waals surface area contributed by atoms with Gasteiger partial charge in [0.1, 0.15) is 5.82 Å². The Kier molecular flexibility index (Phi) is 6.72. The molecule has 7 heteroatoms. The largest absolute Gasteiger partial charge is 0.350 e. The quantitative estimate of drug-likeness (QED) is 0.835. The zero-order valence-corrected chi connectivity index (χ0v) is 16.0. The molecule has 1 atom stereocenters. The van der Waals surface area contributed by atoms with Crippen molar-refractivity contribution in [1.29, 1.82) is 0 Å². The smallest absolute Gasteiger partial charge is 0.238 e. The Morgan fingerprint density at radius 1 is 1.12 bits per heavy atom. The topological polar surface area (TPSA) is 64.7 Å². The Morgan fingerprint density at radius 2 is 1.69 bits per heavy atom. The average molecular weight is 364 g/mol. The molecule has 144 valence electrons. The number of nitrogens with zero attached hydrogens (tertiary/aromatic N) is 2. The second-order valence-corrected chi connectivity index (χ2v) is 7.78. The molecule has 6 nitrogen and oxygen atoms in total. The van der Waals surface area contributed by atoms with Crippen molar-refractivity contribution in [3.05, 3.63) is 30.1 Å². The SMILES string of the molecule is CC(C(=O)NC(C)(C)C)N1CCN(CC(=O)Nc2ccc(F)cc2)CC1. The van der Waals surface area contributed by atoms with Gasteiger partial charge in [-0.1, -0.05) is 0 Å². The molecule has 0 saturated carbocycles. The summed E-state index contributed by atoms with van der Waals surface area (Å²) >= 11 is 0. The van der Waals surface area contributed by atoms with Crippen LogP contribution in [0.1, 0.15) is 27.7 Å². The lowest BCUT2D eigenvalue weighted by Crippen LogP contribution is -2.56. The minimum absolute atomic E-state index is 0.0278. The van der Waals surface area contributed by atoms with Crippen molar-refractivity contribution < 1.29 is 14.0 Å². The van der Waals surface area contributed by atoms with Gasteiger partial charge in [0, 0.05) is 37.4 Å². The molecule has 2 amide bonds. The van der Waals surface area contributed by atoms with E-state index >= 15 is 0 Å². The lowest BCUT2D eigenvalue weighted by atomic mass is 10.1. The molecule has 1 fully saturated rings. The van der Waals surface area contributed by atoms with Crippen LogP contribution in [0.4, 0.5) is 10.1 Å². The standard InChI is InChI=1S/C19H29FN4O2/c1-14(18(26)22-19(2,3)4)24-11-9-23(10-12-24)13-17(25)21-16-7-5-15(20)6-8-16/h5-8,14H,9-13H2,1-4H3,(H,21,25)(H,22,26). The second kappa shape index (κ2) is 8.60. The molecule has 1 unspecified atom stereocenters. The summed E-state index contributed by atoms with van der Waals surface area (Å²) in [5.74, 6) is -0.424. The van der Waals surface area contributed by atoms with Crippen molar-refractivity contribution in [2.45, 2.75) is 39.3 Å². The maximum atomic E-state index is 12.9. The maximum Gasteiger partial charge on any atom is 0.238 e. The molecule has 0 spiro atoms. The minimum atomic E-state index is -0.330. The lowest BCUT2D eigenvalue weighted by molar-refractivity contribution is -0.128. The van der Waals surface area contributed by atoms with Crippen LogP contribution in [0.5, 0.6) is 0 Å². The monoisotopic (exact) mass is 364 g/mol. The molecule has 0 aliphatic carbocycles. The van der Waals surface area contributed by atoms with Crippen molar-refractivity contribution in [2.75, 3.05) is 38.0 Å². The van der Waals surface area contributed by atoms with Crippen LogP contribution < -0.4 is 10.6 Å². The van der Waals surface area contributed by atoms with Crippen molar-refractivity contribution in [3.63, 3.8) is 0 Å². The van der Waals surface area contributed by atoms with E-state index in [9.17, 15) is 14.0 Å². The molecule has 2 rings (SSSR count). The molecule has 1 saturated heterocycles. The van der Waals surface area contributed by atoms with Gasteiger partial charge in [0.2, 0.25) is 11.8 Å². The third-order valence-corrected chi connectivity index (χ3v) is 4.33. The fourth-order valence-corrected chi connectivity index (χ4v) is 2.89. The van der Waals surface area contributed by atoms with E-state index in [4.69, 9.17) is 0 Å². The van der Waals surface area contributed by atoms with E-state index in [1.807, 2.05) is 27.7 Å². The molecule has 2 N–H and O–H groups in total. The first-order valence-corrected chi connectivity index (χ1v) is 8.98. The van der Waals surface area contributed by atoms with Crippen LogP contribution in [0.15, 0.2) is 24.3 Å². The van der Waals surface area contributed by atoms with E-state index in [1.54, 1.807) is 12.1 Å². The molecule has 0 bridgehead atoms. The summed E-state index contributed by atoms with van der Waals surface area (Å²) in [6, 6.07) is 5.53. The van der Waals surface area contributed by atoms with Gasteiger partial charge in [-0.15, -0.1) is 0 Å². The highest BCUT2D eigenvalue weighted by Gasteiger charge is 2.28. The highest BCUT2D eigenvalue weighted by atomic mass is 19.1. The number of rotatable bonds is 5. The molecular formula is C19H29FN4O2. The van der Waals surface area contributed by atoms with Gasteiger partial charge in [-0.25, -0.2) is 4.39 Å². The summed E-state index contributed by atoms with van der Waals surface area (Å²) < 4.78 is 12.9.